The molecule has 1 saturated heterocycles. The zero-order valence-electron chi connectivity index (χ0n) is 8.27. The van der Waals surface area contributed by atoms with E-state index < -0.39 is 0 Å². The molecule has 2 rings (SSSR count). The van der Waals surface area contributed by atoms with Gasteiger partial charge in [-0.3, -0.25) is 9.36 Å². The Balaban J connectivity index is 2.16. The van der Waals surface area contributed by atoms with Gasteiger partial charge in [-0.2, -0.15) is 0 Å². The summed E-state index contributed by atoms with van der Waals surface area (Å²) in [5, 5.41) is 0. The molecular weight excluding hydrogens is 180 g/mol. The Hall–Kier alpha value is -1.16. The third-order valence-electron chi connectivity index (χ3n) is 2.50. The van der Waals surface area contributed by atoms with Crippen LogP contribution in [0, 0.1) is 6.92 Å². The van der Waals surface area contributed by atoms with Crippen LogP contribution >= 0.6 is 0 Å². The van der Waals surface area contributed by atoms with Crippen molar-refractivity contribution in [3.05, 3.63) is 28.4 Å². The van der Waals surface area contributed by atoms with E-state index in [2.05, 4.69) is 4.98 Å². The summed E-state index contributed by atoms with van der Waals surface area (Å²) in [5.41, 5.74) is 0.723. The maximum absolute atomic E-state index is 11.6. The smallest absolute Gasteiger partial charge is 0.256 e. The molecule has 0 N–H and O–H groups in total. The van der Waals surface area contributed by atoms with Crippen molar-refractivity contribution < 1.29 is 4.74 Å². The minimum Gasteiger partial charge on any atom is -0.376 e. The normalized spacial score (nSPS) is 21.4. The monoisotopic (exact) mass is 194 g/mol. The number of nitrogens with zero attached hydrogens (tertiary/aromatic N) is 2. The standard InChI is InChI=1S/C10H14N2O2/c1-8-5-11-7-12(10(8)13)6-9-3-2-4-14-9/h5,7,9H,2-4,6H2,1H3. The fourth-order valence-electron chi connectivity index (χ4n) is 1.70. The average molecular weight is 194 g/mol. The van der Waals surface area contributed by atoms with Gasteiger partial charge >= 0.3 is 0 Å². The number of rotatable bonds is 2. The Bertz CT molecular complexity index is 367. The van der Waals surface area contributed by atoms with E-state index in [1.165, 1.54) is 0 Å². The van der Waals surface area contributed by atoms with Crippen LogP contribution in [0.5, 0.6) is 0 Å². The van der Waals surface area contributed by atoms with E-state index in [1.54, 1.807) is 24.0 Å². The van der Waals surface area contributed by atoms with E-state index in [9.17, 15) is 4.79 Å². The number of ether oxygens (including phenoxy) is 1. The average Bonchev–Trinajstić information content (AvgIpc) is 2.66. The molecule has 14 heavy (non-hydrogen) atoms. The van der Waals surface area contributed by atoms with Crippen molar-refractivity contribution in [2.45, 2.75) is 32.4 Å². The van der Waals surface area contributed by atoms with Gasteiger partial charge in [-0.05, 0) is 19.8 Å². The number of hydrogen-bond donors (Lipinski definition) is 0. The molecule has 0 aliphatic carbocycles. The lowest BCUT2D eigenvalue weighted by atomic mass is 10.2. The molecule has 1 aliphatic rings. The molecule has 1 fully saturated rings. The highest BCUT2D eigenvalue weighted by Crippen LogP contribution is 2.12. The Morgan fingerprint density at radius 3 is 3.29 bits per heavy atom. The Morgan fingerprint density at radius 1 is 1.71 bits per heavy atom. The van der Waals surface area contributed by atoms with Crippen LogP contribution in [0.3, 0.4) is 0 Å². The van der Waals surface area contributed by atoms with Gasteiger partial charge < -0.3 is 4.74 Å². The van der Waals surface area contributed by atoms with Crippen LogP contribution in [-0.2, 0) is 11.3 Å². The van der Waals surface area contributed by atoms with Gasteiger partial charge in [-0.25, -0.2) is 4.98 Å². The fourth-order valence-corrected chi connectivity index (χ4v) is 1.70. The first-order chi connectivity index (χ1) is 6.77. The minimum atomic E-state index is 0.0375. The molecule has 1 unspecified atom stereocenters. The lowest BCUT2D eigenvalue weighted by Gasteiger charge is -2.11. The molecule has 1 aromatic rings. The second kappa shape index (κ2) is 3.92. The largest absolute Gasteiger partial charge is 0.376 e. The summed E-state index contributed by atoms with van der Waals surface area (Å²) in [6, 6.07) is 0. The summed E-state index contributed by atoms with van der Waals surface area (Å²) in [4.78, 5) is 15.6. The van der Waals surface area contributed by atoms with Crippen molar-refractivity contribution >= 4 is 0 Å². The Labute approximate surface area is 82.5 Å². The zero-order valence-corrected chi connectivity index (χ0v) is 8.27. The van der Waals surface area contributed by atoms with E-state index in [0.717, 1.165) is 19.4 Å². The molecule has 4 nitrogen and oxygen atoms in total. The maximum Gasteiger partial charge on any atom is 0.256 e. The second-order valence-electron chi connectivity index (χ2n) is 3.67. The van der Waals surface area contributed by atoms with Gasteiger partial charge in [0, 0.05) is 18.4 Å². The molecule has 0 saturated carbocycles. The highest BCUT2D eigenvalue weighted by molar-refractivity contribution is 5.00. The molecule has 2 heterocycles. The molecule has 0 spiro atoms. The van der Waals surface area contributed by atoms with Crippen molar-refractivity contribution in [2.24, 2.45) is 0 Å². The van der Waals surface area contributed by atoms with Crippen molar-refractivity contribution in [1.29, 1.82) is 0 Å². The molecule has 76 valence electrons. The summed E-state index contributed by atoms with van der Waals surface area (Å²) in [7, 11) is 0. The van der Waals surface area contributed by atoms with Crippen LogP contribution < -0.4 is 5.56 Å². The molecule has 1 aromatic heterocycles. The van der Waals surface area contributed by atoms with E-state index in [4.69, 9.17) is 4.74 Å². The third-order valence-corrected chi connectivity index (χ3v) is 2.50. The van der Waals surface area contributed by atoms with Crippen LogP contribution in [0.4, 0.5) is 0 Å². The van der Waals surface area contributed by atoms with Gasteiger partial charge in [-0.1, -0.05) is 0 Å². The van der Waals surface area contributed by atoms with Gasteiger partial charge in [0.25, 0.3) is 5.56 Å². The third kappa shape index (κ3) is 1.85. The quantitative estimate of drug-likeness (QED) is 0.697. The van der Waals surface area contributed by atoms with E-state index in [0.29, 0.717) is 12.1 Å². The molecule has 0 radical (unpaired) electrons. The topological polar surface area (TPSA) is 44.1 Å². The van der Waals surface area contributed by atoms with Crippen molar-refractivity contribution in [2.75, 3.05) is 6.61 Å². The fraction of sp³-hybridized carbons (Fsp3) is 0.600. The molecule has 4 heteroatoms. The van der Waals surface area contributed by atoms with Crippen LogP contribution in [0.1, 0.15) is 18.4 Å². The zero-order chi connectivity index (χ0) is 9.97. The van der Waals surface area contributed by atoms with Crippen molar-refractivity contribution in [1.82, 2.24) is 9.55 Å². The van der Waals surface area contributed by atoms with E-state index in [1.807, 2.05) is 0 Å². The van der Waals surface area contributed by atoms with E-state index >= 15 is 0 Å². The number of aromatic nitrogens is 2. The van der Waals surface area contributed by atoms with Crippen LogP contribution in [0.2, 0.25) is 0 Å². The van der Waals surface area contributed by atoms with Gasteiger partial charge in [0.2, 0.25) is 0 Å². The predicted molar refractivity (Wildman–Crippen MR) is 52.2 cm³/mol. The Morgan fingerprint density at radius 2 is 2.57 bits per heavy atom. The van der Waals surface area contributed by atoms with Gasteiger partial charge in [0.1, 0.15) is 0 Å². The first kappa shape index (κ1) is 9.40. The molecule has 0 aromatic carbocycles. The lowest BCUT2D eigenvalue weighted by Crippen LogP contribution is -2.27. The predicted octanol–water partition coefficient (Wildman–Crippen LogP) is 0.731. The molecule has 0 bridgehead atoms. The molecule has 1 atom stereocenters. The lowest BCUT2D eigenvalue weighted by molar-refractivity contribution is 0.0958. The summed E-state index contributed by atoms with van der Waals surface area (Å²) in [6.45, 7) is 3.23. The first-order valence-electron chi connectivity index (χ1n) is 4.90. The van der Waals surface area contributed by atoms with Crippen molar-refractivity contribution in [3.63, 3.8) is 0 Å². The summed E-state index contributed by atoms with van der Waals surface area (Å²) >= 11 is 0. The molecule has 1 aliphatic heterocycles. The van der Waals surface area contributed by atoms with Gasteiger partial charge in [-0.15, -0.1) is 0 Å². The van der Waals surface area contributed by atoms with Crippen LogP contribution in [0.15, 0.2) is 17.3 Å². The van der Waals surface area contributed by atoms with Gasteiger partial charge in [0.15, 0.2) is 0 Å². The minimum absolute atomic E-state index is 0.0375. The highest BCUT2D eigenvalue weighted by Gasteiger charge is 2.16. The molecule has 0 amide bonds. The highest BCUT2D eigenvalue weighted by atomic mass is 16.5. The first-order valence-corrected chi connectivity index (χ1v) is 4.90. The maximum atomic E-state index is 11.6. The SMILES string of the molecule is Cc1cncn(CC2CCCO2)c1=O. The van der Waals surface area contributed by atoms with Crippen LogP contribution in [-0.4, -0.2) is 22.3 Å². The number of aryl methyl sites for hydroxylation is 1. The van der Waals surface area contributed by atoms with Crippen LogP contribution in [0.25, 0.3) is 0 Å². The molecular formula is C10H14N2O2. The van der Waals surface area contributed by atoms with E-state index in [-0.39, 0.29) is 11.7 Å². The number of hydrogen-bond acceptors (Lipinski definition) is 3. The second-order valence-corrected chi connectivity index (χ2v) is 3.67. The summed E-state index contributed by atoms with van der Waals surface area (Å²) < 4.78 is 7.09. The Kier molecular flexibility index (Phi) is 2.63. The van der Waals surface area contributed by atoms with Gasteiger partial charge in [0.05, 0.1) is 19.0 Å². The summed E-state index contributed by atoms with van der Waals surface area (Å²) in [6.07, 6.45) is 5.50. The van der Waals surface area contributed by atoms with Crippen molar-refractivity contribution in [3.8, 4) is 0 Å². The summed E-state index contributed by atoms with van der Waals surface area (Å²) in [5.74, 6) is 0.